The van der Waals surface area contributed by atoms with Gasteiger partial charge in [0.1, 0.15) is 6.07 Å². The number of rotatable bonds is 1. The van der Waals surface area contributed by atoms with Crippen molar-refractivity contribution in [2.24, 2.45) is 0 Å². The van der Waals surface area contributed by atoms with Crippen LogP contribution in [-0.2, 0) is 0 Å². The Morgan fingerprint density at radius 2 is 2.36 bits per heavy atom. The maximum Gasteiger partial charge on any atom is 0.152 e. The first-order valence-electron chi connectivity index (χ1n) is 3.83. The highest BCUT2D eigenvalue weighted by Gasteiger charge is 2.11. The number of fused-ring (bicyclic) bond motifs is 1. The summed E-state index contributed by atoms with van der Waals surface area (Å²) in [4.78, 5) is 10.8. The van der Waals surface area contributed by atoms with Crippen LogP contribution in [0.2, 0.25) is 0 Å². The van der Waals surface area contributed by atoms with Gasteiger partial charge in [0, 0.05) is 9.13 Å². The van der Waals surface area contributed by atoms with Crippen molar-refractivity contribution in [3.8, 4) is 6.07 Å². The maximum absolute atomic E-state index is 10.8. The first-order chi connectivity index (χ1) is 6.77. The van der Waals surface area contributed by atoms with Crippen molar-refractivity contribution in [1.82, 2.24) is 0 Å². The van der Waals surface area contributed by atoms with E-state index in [-0.39, 0.29) is 0 Å². The Labute approximate surface area is 98.3 Å². The molecule has 0 atom stereocenters. The molecule has 2 nitrogen and oxygen atoms in total. The second-order valence-corrected chi connectivity index (χ2v) is 4.79. The number of carbonyl (C=O) groups is 1. The zero-order valence-corrected chi connectivity index (χ0v) is 9.93. The molecule has 0 radical (unpaired) electrons. The summed E-state index contributed by atoms with van der Waals surface area (Å²) >= 11 is 3.57. The second kappa shape index (κ2) is 3.67. The van der Waals surface area contributed by atoms with Gasteiger partial charge < -0.3 is 0 Å². The lowest BCUT2D eigenvalue weighted by atomic mass is 10.1. The van der Waals surface area contributed by atoms with E-state index in [2.05, 4.69) is 28.7 Å². The van der Waals surface area contributed by atoms with E-state index in [1.807, 2.05) is 17.5 Å². The van der Waals surface area contributed by atoms with Gasteiger partial charge in [-0.3, -0.25) is 4.79 Å². The number of aldehydes is 1. The lowest BCUT2D eigenvalue weighted by Crippen LogP contribution is -1.91. The highest BCUT2D eigenvalue weighted by atomic mass is 127. The largest absolute Gasteiger partial charge is 0.298 e. The highest BCUT2D eigenvalue weighted by Crippen LogP contribution is 2.29. The lowest BCUT2D eigenvalue weighted by Gasteiger charge is -2.00. The fraction of sp³-hybridized carbons (Fsp3) is 0. The summed E-state index contributed by atoms with van der Waals surface area (Å²) in [5.41, 5.74) is 1.000. The number of nitrogens with zero attached hydrogens (tertiary/aromatic N) is 1. The van der Waals surface area contributed by atoms with Gasteiger partial charge in [0.15, 0.2) is 6.29 Å². The van der Waals surface area contributed by atoms with E-state index in [0.717, 1.165) is 19.9 Å². The number of benzene rings is 1. The molecule has 1 aromatic carbocycles. The normalized spacial score (nSPS) is 10.0. The molecule has 0 amide bonds. The number of hydrogen-bond donors (Lipinski definition) is 0. The molecule has 0 aliphatic heterocycles. The molecule has 0 saturated carbocycles. The van der Waals surface area contributed by atoms with Crippen LogP contribution in [0.25, 0.3) is 10.1 Å². The second-order valence-electron chi connectivity index (χ2n) is 2.72. The summed E-state index contributed by atoms with van der Waals surface area (Å²) in [5, 5.41) is 11.9. The van der Waals surface area contributed by atoms with Crippen molar-refractivity contribution >= 4 is 50.3 Å². The van der Waals surface area contributed by atoms with Gasteiger partial charge in [-0.15, -0.1) is 11.3 Å². The minimum Gasteiger partial charge on any atom is -0.298 e. The predicted octanol–water partition coefficient (Wildman–Crippen LogP) is 3.19. The Morgan fingerprint density at radius 1 is 1.57 bits per heavy atom. The minimum absolute atomic E-state index is 0.497. The number of hydrogen-bond acceptors (Lipinski definition) is 3. The van der Waals surface area contributed by atoms with Crippen molar-refractivity contribution in [1.29, 1.82) is 5.26 Å². The van der Waals surface area contributed by atoms with Crippen LogP contribution < -0.4 is 0 Å². The predicted molar refractivity (Wildman–Crippen MR) is 64.6 cm³/mol. The molecule has 2 aromatic rings. The van der Waals surface area contributed by atoms with Gasteiger partial charge in [-0.1, -0.05) is 0 Å². The fourth-order valence-corrected chi connectivity index (χ4v) is 2.94. The molecule has 0 saturated heterocycles. The third-order valence-corrected chi connectivity index (χ3v) is 3.80. The summed E-state index contributed by atoms with van der Waals surface area (Å²) in [6, 6.07) is 5.97. The molecule has 1 aromatic heterocycles. The highest BCUT2D eigenvalue weighted by molar-refractivity contribution is 14.1. The van der Waals surface area contributed by atoms with Gasteiger partial charge in [-0.2, -0.15) is 5.26 Å². The molecular weight excluding hydrogens is 309 g/mol. The SMILES string of the molecule is N#Cc1c(C=O)c(I)cc2ccsc12. The van der Waals surface area contributed by atoms with Gasteiger partial charge >= 0.3 is 0 Å². The van der Waals surface area contributed by atoms with E-state index in [4.69, 9.17) is 5.26 Å². The maximum atomic E-state index is 10.8. The Morgan fingerprint density at radius 3 is 3.00 bits per heavy atom. The van der Waals surface area contributed by atoms with Crippen LogP contribution in [0.1, 0.15) is 15.9 Å². The van der Waals surface area contributed by atoms with Crippen LogP contribution in [0, 0.1) is 14.9 Å². The van der Waals surface area contributed by atoms with Crippen LogP contribution in [0.15, 0.2) is 17.5 Å². The van der Waals surface area contributed by atoms with Crippen molar-refractivity contribution in [3.05, 3.63) is 32.2 Å². The van der Waals surface area contributed by atoms with Gasteiger partial charge in [0.2, 0.25) is 0 Å². The van der Waals surface area contributed by atoms with E-state index < -0.39 is 0 Å². The molecule has 1 heterocycles. The molecule has 0 bridgehead atoms. The zero-order valence-electron chi connectivity index (χ0n) is 6.95. The molecule has 68 valence electrons. The molecule has 0 aliphatic carbocycles. The number of thiophene rings is 1. The third-order valence-electron chi connectivity index (χ3n) is 1.96. The van der Waals surface area contributed by atoms with Crippen molar-refractivity contribution in [2.75, 3.05) is 0 Å². The van der Waals surface area contributed by atoms with Gasteiger partial charge in [0.25, 0.3) is 0 Å². The molecule has 0 aliphatic rings. The summed E-state index contributed by atoms with van der Waals surface area (Å²) in [6.45, 7) is 0. The van der Waals surface area contributed by atoms with Crippen LogP contribution in [0.5, 0.6) is 0 Å². The van der Waals surface area contributed by atoms with E-state index >= 15 is 0 Å². The molecule has 2 rings (SSSR count). The molecule has 0 spiro atoms. The van der Waals surface area contributed by atoms with E-state index in [1.165, 1.54) is 11.3 Å². The van der Waals surface area contributed by atoms with Crippen molar-refractivity contribution < 1.29 is 4.79 Å². The standard InChI is InChI=1S/C10H4INOS/c11-9-3-6-1-2-14-10(6)7(4-12)8(9)5-13/h1-3,5H. The van der Waals surface area contributed by atoms with Crippen LogP contribution in [0.4, 0.5) is 0 Å². The number of carbonyl (C=O) groups excluding carboxylic acids is 1. The Bertz CT molecular complexity index is 553. The first-order valence-corrected chi connectivity index (χ1v) is 5.78. The monoisotopic (exact) mass is 313 g/mol. The molecule has 0 N–H and O–H groups in total. The van der Waals surface area contributed by atoms with Gasteiger partial charge in [0.05, 0.1) is 10.3 Å². The average Bonchev–Trinajstić information content (AvgIpc) is 2.62. The lowest BCUT2D eigenvalue weighted by molar-refractivity contribution is 0.112. The fourth-order valence-electron chi connectivity index (χ4n) is 1.32. The molecule has 0 fully saturated rings. The topological polar surface area (TPSA) is 40.9 Å². The summed E-state index contributed by atoms with van der Waals surface area (Å²) in [6.07, 6.45) is 0.749. The summed E-state index contributed by atoms with van der Waals surface area (Å²) in [7, 11) is 0. The third kappa shape index (κ3) is 1.33. The Balaban J connectivity index is 2.98. The first kappa shape index (κ1) is 9.62. The van der Waals surface area contributed by atoms with Gasteiger partial charge in [-0.25, -0.2) is 0 Å². The van der Waals surface area contributed by atoms with Crippen LogP contribution >= 0.6 is 33.9 Å². The number of nitriles is 1. The molecule has 14 heavy (non-hydrogen) atoms. The Kier molecular flexibility index (Phi) is 2.52. The summed E-state index contributed by atoms with van der Waals surface area (Å²) < 4.78 is 1.73. The summed E-state index contributed by atoms with van der Waals surface area (Å²) in [5.74, 6) is 0. The van der Waals surface area contributed by atoms with E-state index in [9.17, 15) is 4.79 Å². The zero-order chi connectivity index (χ0) is 10.1. The number of halogens is 1. The quantitative estimate of drug-likeness (QED) is 0.599. The van der Waals surface area contributed by atoms with E-state index in [0.29, 0.717) is 11.1 Å². The average molecular weight is 313 g/mol. The molecular formula is C10H4INOS. The van der Waals surface area contributed by atoms with E-state index in [1.54, 1.807) is 0 Å². The van der Waals surface area contributed by atoms with Crippen LogP contribution in [-0.4, -0.2) is 6.29 Å². The minimum atomic E-state index is 0.497. The van der Waals surface area contributed by atoms with Gasteiger partial charge in [-0.05, 0) is 45.5 Å². The van der Waals surface area contributed by atoms with Crippen molar-refractivity contribution in [3.63, 3.8) is 0 Å². The van der Waals surface area contributed by atoms with Crippen molar-refractivity contribution in [2.45, 2.75) is 0 Å². The molecule has 4 heteroatoms. The Hall–Kier alpha value is -0.930. The molecule has 0 unspecified atom stereocenters. The smallest absolute Gasteiger partial charge is 0.152 e. The van der Waals surface area contributed by atoms with Crippen LogP contribution in [0.3, 0.4) is 0 Å².